The van der Waals surface area contributed by atoms with E-state index in [0.29, 0.717) is 12.8 Å². The van der Waals surface area contributed by atoms with E-state index in [0.717, 1.165) is 51.4 Å². The highest BCUT2D eigenvalue weighted by molar-refractivity contribution is 5.76. The number of carbonyl (C=O) groups excluding carboxylic acids is 1. The predicted molar refractivity (Wildman–Crippen MR) is 305 cm³/mol. The van der Waals surface area contributed by atoms with Crippen molar-refractivity contribution in [3.8, 4) is 0 Å². The molecule has 0 spiro atoms. The van der Waals surface area contributed by atoms with Crippen molar-refractivity contribution in [3.05, 3.63) is 0 Å². The molecule has 4 unspecified atom stereocenters. The van der Waals surface area contributed by atoms with E-state index in [9.17, 15) is 45.6 Å². The number of amides is 1. The summed E-state index contributed by atoms with van der Waals surface area (Å²) in [6.45, 7) is 2.86. The fourth-order valence-corrected chi connectivity index (χ4v) is 11.1. The Labute approximate surface area is 464 Å². The summed E-state index contributed by atoms with van der Waals surface area (Å²) in [4.78, 5) is 13.2. The lowest BCUT2D eigenvalue weighted by atomic mass is 9.97. The predicted octanol–water partition coefficient (Wildman–Crippen LogP) is 11.7. The van der Waals surface area contributed by atoms with E-state index in [2.05, 4.69) is 19.2 Å². The van der Waals surface area contributed by atoms with Gasteiger partial charge in [0.05, 0.1) is 32.0 Å². The average Bonchev–Trinajstić information content (AvgIpc) is 3.42. The summed E-state index contributed by atoms with van der Waals surface area (Å²) >= 11 is 0. The van der Waals surface area contributed by atoms with Crippen LogP contribution in [0.15, 0.2) is 0 Å². The van der Waals surface area contributed by atoms with Crippen LogP contribution in [-0.4, -0.2) is 140 Å². The van der Waals surface area contributed by atoms with Gasteiger partial charge in [-0.1, -0.05) is 277 Å². The summed E-state index contributed by atoms with van der Waals surface area (Å²) in [5.74, 6) is -0.202. The first kappa shape index (κ1) is 71.1. The number of aliphatic hydroxyl groups excluding tert-OH is 8. The number of rotatable bonds is 53. The monoisotopic (exact) mass is 1090 g/mol. The number of ether oxygens (including phenoxy) is 4. The molecule has 0 aliphatic carbocycles. The van der Waals surface area contributed by atoms with E-state index in [4.69, 9.17) is 18.9 Å². The molecule has 2 saturated heterocycles. The Hall–Kier alpha value is -1.01. The fraction of sp³-hybridized carbons (Fsp3) is 0.984. The Morgan fingerprint density at radius 2 is 0.750 bits per heavy atom. The molecule has 2 fully saturated rings. The van der Waals surface area contributed by atoms with Crippen LogP contribution in [-0.2, 0) is 23.7 Å². The third-order valence-electron chi connectivity index (χ3n) is 16.3. The van der Waals surface area contributed by atoms with Gasteiger partial charge in [-0.15, -0.1) is 0 Å². The minimum absolute atomic E-state index is 0.202. The van der Waals surface area contributed by atoms with E-state index in [-0.39, 0.29) is 12.5 Å². The normalized spacial score (nSPS) is 24.8. The molecule has 2 aliphatic heterocycles. The number of nitrogens with one attached hydrogen (secondary N) is 1. The summed E-state index contributed by atoms with van der Waals surface area (Å²) in [7, 11) is 0. The van der Waals surface area contributed by atoms with Gasteiger partial charge in [0.2, 0.25) is 5.91 Å². The SMILES string of the molecule is CCCCCCCCCCCCCCCCCCCCCCCCCCCCCCCCCCCC(=O)N[C@@H](CO[C@@H]1O[C@H](CO)[C@@H](O[C@@H]2O[C@H](CO)[C@H](O)C(O)C2O)C(O)C1O)[C@H](O)CCCCCCCCCCC. The minimum Gasteiger partial charge on any atom is -0.394 e. The molecule has 0 aromatic carbocycles. The van der Waals surface area contributed by atoms with Crippen LogP contribution in [0.5, 0.6) is 0 Å². The van der Waals surface area contributed by atoms with E-state index in [1.54, 1.807) is 0 Å². The molecular formula is C62H121NO13. The van der Waals surface area contributed by atoms with Gasteiger partial charge < -0.3 is 65.1 Å². The zero-order valence-corrected chi connectivity index (χ0v) is 48.8. The molecule has 12 atom stereocenters. The van der Waals surface area contributed by atoms with Gasteiger partial charge in [0.25, 0.3) is 0 Å². The maximum Gasteiger partial charge on any atom is 0.220 e. The molecule has 14 heteroatoms. The van der Waals surface area contributed by atoms with Crippen molar-refractivity contribution < 1.29 is 64.6 Å². The molecule has 0 aromatic rings. The van der Waals surface area contributed by atoms with E-state index in [1.807, 2.05) is 0 Å². The molecule has 0 radical (unpaired) electrons. The number of hydrogen-bond acceptors (Lipinski definition) is 13. The first-order valence-corrected chi connectivity index (χ1v) is 32.3. The number of unbranched alkanes of at least 4 members (excludes halogenated alkanes) is 40. The molecule has 0 aromatic heterocycles. The first-order chi connectivity index (χ1) is 37.1. The van der Waals surface area contributed by atoms with Crippen LogP contribution in [0.3, 0.4) is 0 Å². The third kappa shape index (κ3) is 33.7. The van der Waals surface area contributed by atoms with Crippen molar-refractivity contribution in [1.29, 1.82) is 0 Å². The zero-order valence-electron chi connectivity index (χ0n) is 48.8. The second-order valence-corrected chi connectivity index (χ2v) is 23.3. The van der Waals surface area contributed by atoms with Crippen LogP contribution in [0, 0.1) is 0 Å². The minimum atomic E-state index is -1.78. The van der Waals surface area contributed by atoms with Gasteiger partial charge in [0.1, 0.15) is 48.8 Å². The summed E-state index contributed by atoms with van der Waals surface area (Å²) in [5, 5.41) is 87.0. The van der Waals surface area contributed by atoms with Crippen molar-refractivity contribution in [2.75, 3.05) is 19.8 Å². The Balaban J connectivity index is 1.56. The van der Waals surface area contributed by atoms with Gasteiger partial charge in [-0.05, 0) is 12.8 Å². The molecular weight excluding hydrogens is 967 g/mol. The van der Waals surface area contributed by atoms with Crippen LogP contribution in [0.25, 0.3) is 0 Å². The molecule has 1 amide bonds. The Morgan fingerprint density at radius 3 is 1.12 bits per heavy atom. The fourth-order valence-electron chi connectivity index (χ4n) is 11.1. The lowest BCUT2D eigenvalue weighted by Crippen LogP contribution is -2.65. The zero-order chi connectivity index (χ0) is 55.3. The summed E-state index contributed by atoms with van der Waals surface area (Å²) < 4.78 is 22.8. The molecule has 452 valence electrons. The van der Waals surface area contributed by atoms with Gasteiger partial charge in [0, 0.05) is 6.42 Å². The second kappa shape index (κ2) is 48.7. The highest BCUT2D eigenvalue weighted by Gasteiger charge is 2.51. The standard InChI is InChI=1S/C62H121NO13/c1-3-5-7-9-11-13-14-15-16-17-18-19-20-21-22-23-24-25-26-27-28-29-30-31-32-33-34-35-36-38-40-42-44-46-54(67)63-50(51(66)45-43-41-39-37-12-10-8-6-4-2)49-73-61-59(72)57(70)60(53(48-65)75-61)76-62-58(71)56(69)55(68)52(47-64)74-62/h50-53,55-62,64-66,68-72H,3-49H2,1-2H3,(H,63,67)/t50-,51+,52+,53+,55-,56?,57?,58?,59?,60+,61+,62-/m0/s1. The van der Waals surface area contributed by atoms with Gasteiger partial charge in [-0.3, -0.25) is 4.79 Å². The first-order valence-electron chi connectivity index (χ1n) is 32.3. The van der Waals surface area contributed by atoms with Crippen molar-refractivity contribution in [1.82, 2.24) is 5.32 Å². The maximum atomic E-state index is 13.2. The molecule has 2 heterocycles. The summed E-state index contributed by atoms with van der Waals surface area (Å²) in [6, 6.07) is -0.821. The van der Waals surface area contributed by atoms with Gasteiger partial charge in [-0.25, -0.2) is 0 Å². The van der Waals surface area contributed by atoms with Crippen LogP contribution >= 0.6 is 0 Å². The average molecular weight is 1090 g/mol. The second-order valence-electron chi connectivity index (χ2n) is 23.3. The molecule has 14 nitrogen and oxygen atoms in total. The maximum absolute atomic E-state index is 13.2. The van der Waals surface area contributed by atoms with E-state index in [1.165, 1.54) is 218 Å². The van der Waals surface area contributed by atoms with Crippen molar-refractivity contribution in [3.63, 3.8) is 0 Å². The largest absolute Gasteiger partial charge is 0.394 e. The number of carbonyl (C=O) groups is 1. The van der Waals surface area contributed by atoms with Gasteiger partial charge >= 0.3 is 0 Å². The van der Waals surface area contributed by atoms with E-state index >= 15 is 0 Å². The van der Waals surface area contributed by atoms with Crippen LogP contribution in [0.1, 0.15) is 296 Å². The van der Waals surface area contributed by atoms with E-state index < -0.39 is 86.8 Å². The van der Waals surface area contributed by atoms with Crippen molar-refractivity contribution in [2.24, 2.45) is 0 Å². The van der Waals surface area contributed by atoms with Crippen LogP contribution in [0.4, 0.5) is 0 Å². The molecule has 76 heavy (non-hydrogen) atoms. The number of aliphatic hydroxyl groups is 8. The Kier molecular flexibility index (Phi) is 45.5. The molecule has 9 N–H and O–H groups in total. The van der Waals surface area contributed by atoms with Gasteiger partial charge in [0.15, 0.2) is 12.6 Å². The highest BCUT2D eigenvalue weighted by atomic mass is 16.7. The highest BCUT2D eigenvalue weighted by Crippen LogP contribution is 2.30. The Morgan fingerprint density at radius 1 is 0.421 bits per heavy atom. The Bertz CT molecular complexity index is 1280. The smallest absolute Gasteiger partial charge is 0.220 e. The lowest BCUT2D eigenvalue weighted by molar-refractivity contribution is -0.359. The number of hydrogen-bond donors (Lipinski definition) is 9. The quantitative estimate of drug-likeness (QED) is 0.0259. The molecule has 2 rings (SSSR count). The third-order valence-corrected chi connectivity index (χ3v) is 16.3. The molecule has 2 aliphatic rings. The molecule has 0 bridgehead atoms. The van der Waals surface area contributed by atoms with Crippen LogP contribution in [0.2, 0.25) is 0 Å². The summed E-state index contributed by atoms with van der Waals surface area (Å²) in [5.41, 5.74) is 0. The molecule has 0 saturated carbocycles. The topological polar surface area (TPSA) is 228 Å². The van der Waals surface area contributed by atoms with Crippen molar-refractivity contribution in [2.45, 2.75) is 370 Å². The van der Waals surface area contributed by atoms with Crippen molar-refractivity contribution >= 4 is 5.91 Å². The van der Waals surface area contributed by atoms with Crippen LogP contribution < -0.4 is 5.32 Å². The van der Waals surface area contributed by atoms with Gasteiger partial charge in [-0.2, -0.15) is 0 Å². The lowest BCUT2D eigenvalue weighted by Gasteiger charge is -2.46. The summed E-state index contributed by atoms with van der Waals surface area (Å²) in [6.07, 6.45) is 38.8.